The zero-order valence-electron chi connectivity index (χ0n) is 12.5. The molecule has 0 fully saturated rings. The summed E-state index contributed by atoms with van der Waals surface area (Å²) in [6.45, 7) is 1.04. The molecule has 0 aliphatic rings. The third-order valence-electron chi connectivity index (χ3n) is 2.90. The van der Waals surface area contributed by atoms with E-state index in [0.717, 1.165) is 5.75 Å². The van der Waals surface area contributed by atoms with Gasteiger partial charge in [-0.25, -0.2) is 0 Å². The first-order valence-corrected chi connectivity index (χ1v) is 7.00. The van der Waals surface area contributed by atoms with Crippen molar-refractivity contribution in [1.29, 1.82) is 0 Å². The molecule has 1 amide bonds. The molecule has 120 valence electrons. The van der Waals surface area contributed by atoms with Gasteiger partial charge in [0.2, 0.25) is 0 Å². The van der Waals surface area contributed by atoms with Crippen molar-refractivity contribution in [2.75, 3.05) is 6.61 Å². The molecule has 1 atom stereocenters. The molecule has 2 aromatic carbocycles. The van der Waals surface area contributed by atoms with E-state index in [1.165, 1.54) is 6.92 Å². The Hall–Kier alpha value is -3.02. The van der Waals surface area contributed by atoms with Crippen LogP contribution in [0.3, 0.4) is 0 Å². The predicted octanol–water partition coefficient (Wildman–Crippen LogP) is 1.11. The van der Waals surface area contributed by atoms with Crippen LogP contribution >= 0.6 is 0 Å². The summed E-state index contributed by atoms with van der Waals surface area (Å²) in [7, 11) is 0. The highest BCUT2D eigenvalue weighted by Gasteiger charge is 2.08. The number of ether oxygens (including phenoxy) is 2. The minimum Gasteiger partial charge on any atom is -0.548 e. The fourth-order valence-corrected chi connectivity index (χ4v) is 1.72. The number of hydrogen-bond donors (Lipinski definition) is 1. The van der Waals surface area contributed by atoms with Crippen LogP contribution in [-0.4, -0.2) is 24.5 Å². The average molecular weight is 314 g/mol. The second-order valence-corrected chi connectivity index (χ2v) is 4.78. The Morgan fingerprint density at radius 2 is 1.57 bits per heavy atom. The Morgan fingerprint density at radius 1 is 1.00 bits per heavy atom. The number of carbonyl (C=O) groups is 2. The van der Waals surface area contributed by atoms with E-state index in [-0.39, 0.29) is 6.61 Å². The van der Waals surface area contributed by atoms with Gasteiger partial charge in [0.1, 0.15) is 17.2 Å². The normalized spacial score (nSPS) is 11.3. The van der Waals surface area contributed by atoms with Crippen molar-refractivity contribution in [1.82, 2.24) is 5.32 Å². The number of carboxylic acid groups (broad SMARTS) is 1. The number of rotatable bonds is 7. The van der Waals surface area contributed by atoms with Crippen LogP contribution in [0.15, 0.2) is 54.6 Å². The molecule has 0 saturated heterocycles. The summed E-state index contributed by atoms with van der Waals surface area (Å²) in [4.78, 5) is 22.0. The Labute approximate surface area is 133 Å². The van der Waals surface area contributed by atoms with Crippen LogP contribution in [0.1, 0.15) is 6.92 Å². The fraction of sp³-hybridized carbons (Fsp3) is 0.176. The molecule has 0 aliphatic carbocycles. The number of para-hydroxylation sites is 1. The lowest BCUT2D eigenvalue weighted by Gasteiger charge is -2.14. The summed E-state index contributed by atoms with van der Waals surface area (Å²) >= 11 is 0. The third kappa shape index (κ3) is 5.35. The molecule has 0 aromatic heterocycles. The highest BCUT2D eigenvalue weighted by atomic mass is 16.5. The summed E-state index contributed by atoms with van der Waals surface area (Å²) in [6, 6.07) is 15.0. The maximum absolute atomic E-state index is 11.5. The molecule has 23 heavy (non-hydrogen) atoms. The zero-order chi connectivity index (χ0) is 16.7. The second kappa shape index (κ2) is 7.84. The van der Waals surface area contributed by atoms with Crippen molar-refractivity contribution in [2.45, 2.75) is 13.0 Å². The minimum atomic E-state index is -1.35. The molecule has 2 rings (SSSR count). The molecule has 0 bridgehead atoms. The lowest BCUT2D eigenvalue weighted by atomic mass is 10.3. The van der Waals surface area contributed by atoms with E-state index in [0.29, 0.717) is 11.5 Å². The highest BCUT2D eigenvalue weighted by Crippen LogP contribution is 2.23. The van der Waals surface area contributed by atoms with Gasteiger partial charge >= 0.3 is 0 Å². The Morgan fingerprint density at radius 3 is 2.17 bits per heavy atom. The first-order chi connectivity index (χ1) is 11.0. The van der Waals surface area contributed by atoms with Gasteiger partial charge in [-0.15, -0.1) is 0 Å². The molecule has 0 spiro atoms. The number of benzene rings is 2. The van der Waals surface area contributed by atoms with Crippen molar-refractivity contribution in [3.63, 3.8) is 0 Å². The smallest absolute Gasteiger partial charge is 0.258 e. The number of carbonyl (C=O) groups excluding carboxylic acids is 2. The van der Waals surface area contributed by atoms with Gasteiger partial charge in [-0.3, -0.25) is 4.79 Å². The summed E-state index contributed by atoms with van der Waals surface area (Å²) in [5.41, 5.74) is 0. The van der Waals surface area contributed by atoms with Gasteiger partial charge in [-0.1, -0.05) is 18.2 Å². The fourth-order valence-electron chi connectivity index (χ4n) is 1.72. The number of nitrogens with one attached hydrogen (secondary N) is 1. The van der Waals surface area contributed by atoms with Crippen LogP contribution in [-0.2, 0) is 9.59 Å². The number of hydrogen-bond acceptors (Lipinski definition) is 5. The van der Waals surface area contributed by atoms with E-state index in [9.17, 15) is 14.7 Å². The van der Waals surface area contributed by atoms with Crippen LogP contribution in [0.5, 0.6) is 17.2 Å². The topological polar surface area (TPSA) is 87.7 Å². The molecular weight excluding hydrogens is 298 g/mol. The standard InChI is InChI=1S/C17H17NO5/c1-12(17(20)21)18-16(19)11-22-13-7-9-15(10-8-13)23-14-5-3-2-4-6-14/h2-10,12H,11H2,1H3,(H,18,19)(H,20,21)/p-1/t12-/m0/s1. The molecule has 0 saturated carbocycles. The summed E-state index contributed by atoms with van der Waals surface area (Å²) < 4.78 is 10.9. The number of carboxylic acids is 1. The van der Waals surface area contributed by atoms with Gasteiger partial charge in [0.25, 0.3) is 5.91 Å². The average Bonchev–Trinajstić information content (AvgIpc) is 2.55. The molecule has 2 aromatic rings. The Bertz CT molecular complexity index is 654. The Balaban J connectivity index is 1.83. The quantitative estimate of drug-likeness (QED) is 0.827. The van der Waals surface area contributed by atoms with E-state index in [4.69, 9.17) is 9.47 Å². The Kier molecular flexibility index (Phi) is 5.57. The number of amides is 1. The first-order valence-electron chi connectivity index (χ1n) is 7.00. The second-order valence-electron chi connectivity index (χ2n) is 4.78. The van der Waals surface area contributed by atoms with Gasteiger partial charge in [0.05, 0.1) is 12.0 Å². The maximum atomic E-state index is 11.5. The van der Waals surface area contributed by atoms with Gasteiger partial charge in [-0.05, 0) is 43.3 Å². The monoisotopic (exact) mass is 314 g/mol. The molecule has 0 radical (unpaired) electrons. The van der Waals surface area contributed by atoms with Crippen molar-refractivity contribution in [2.24, 2.45) is 0 Å². The summed E-state index contributed by atoms with van der Waals surface area (Å²) in [6.07, 6.45) is 0. The van der Waals surface area contributed by atoms with Crippen molar-refractivity contribution < 1.29 is 24.2 Å². The van der Waals surface area contributed by atoms with E-state index >= 15 is 0 Å². The molecule has 1 N–H and O–H groups in total. The molecule has 0 aliphatic heterocycles. The van der Waals surface area contributed by atoms with Crippen molar-refractivity contribution >= 4 is 11.9 Å². The van der Waals surface area contributed by atoms with E-state index in [1.807, 2.05) is 30.3 Å². The lowest BCUT2D eigenvalue weighted by Crippen LogP contribution is -2.47. The predicted molar refractivity (Wildman–Crippen MR) is 81.1 cm³/mol. The minimum absolute atomic E-state index is 0.281. The summed E-state index contributed by atoms with van der Waals surface area (Å²) in [5, 5.41) is 12.8. The zero-order valence-corrected chi connectivity index (χ0v) is 12.5. The van der Waals surface area contributed by atoms with Crippen LogP contribution in [0.25, 0.3) is 0 Å². The molecule has 0 unspecified atom stereocenters. The van der Waals surface area contributed by atoms with Crippen LogP contribution in [0.2, 0.25) is 0 Å². The van der Waals surface area contributed by atoms with E-state index in [1.54, 1.807) is 24.3 Å². The third-order valence-corrected chi connectivity index (χ3v) is 2.90. The molecule has 6 heteroatoms. The SMILES string of the molecule is C[C@H](NC(=O)COc1ccc(Oc2ccccc2)cc1)C(=O)[O-]. The lowest BCUT2D eigenvalue weighted by molar-refractivity contribution is -0.307. The molecule has 6 nitrogen and oxygen atoms in total. The first kappa shape index (κ1) is 16.4. The van der Waals surface area contributed by atoms with Crippen LogP contribution in [0.4, 0.5) is 0 Å². The molecular formula is C17H16NO5-. The van der Waals surface area contributed by atoms with Crippen LogP contribution < -0.4 is 19.9 Å². The van der Waals surface area contributed by atoms with E-state index in [2.05, 4.69) is 5.32 Å². The van der Waals surface area contributed by atoms with Crippen molar-refractivity contribution in [3.05, 3.63) is 54.6 Å². The van der Waals surface area contributed by atoms with Gasteiger partial charge < -0.3 is 24.7 Å². The van der Waals surface area contributed by atoms with Gasteiger partial charge in [0, 0.05) is 0 Å². The van der Waals surface area contributed by atoms with Gasteiger partial charge in [-0.2, -0.15) is 0 Å². The highest BCUT2D eigenvalue weighted by molar-refractivity contribution is 5.83. The summed E-state index contributed by atoms with van der Waals surface area (Å²) in [5.74, 6) is -0.0517. The maximum Gasteiger partial charge on any atom is 0.258 e. The van der Waals surface area contributed by atoms with Crippen molar-refractivity contribution in [3.8, 4) is 17.2 Å². The molecule has 0 heterocycles. The van der Waals surface area contributed by atoms with E-state index < -0.39 is 17.9 Å². The van der Waals surface area contributed by atoms with Gasteiger partial charge in [0.15, 0.2) is 6.61 Å². The largest absolute Gasteiger partial charge is 0.548 e. The number of aliphatic carboxylic acids is 1. The van der Waals surface area contributed by atoms with Crippen LogP contribution in [0, 0.1) is 0 Å².